The lowest BCUT2D eigenvalue weighted by atomic mass is 10.2. The highest BCUT2D eigenvalue weighted by atomic mass is 16.5. The van der Waals surface area contributed by atoms with Crippen LogP contribution in [0.4, 0.5) is 0 Å². The van der Waals surface area contributed by atoms with Gasteiger partial charge in [-0.05, 0) is 25.1 Å². The van der Waals surface area contributed by atoms with Crippen LogP contribution in [0.25, 0.3) is 10.9 Å². The molecule has 0 atom stereocenters. The van der Waals surface area contributed by atoms with Crippen molar-refractivity contribution in [2.75, 3.05) is 0 Å². The summed E-state index contributed by atoms with van der Waals surface area (Å²) in [5.41, 5.74) is 1.91. The topological polar surface area (TPSA) is 71.7 Å². The standard InChI is InChI=1S/C15H10N4O/c1-10-5-6-11-3-2-4-13(14(11)18-10)20-15-17-8-7-12(9-16)19-15/h2-8H,1H3. The lowest BCUT2D eigenvalue weighted by Gasteiger charge is -2.07. The van der Waals surface area contributed by atoms with Crippen molar-refractivity contribution in [2.45, 2.75) is 6.92 Å². The Hall–Kier alpha value is -3.00. The number of ether oxygens (including phenoxy) is 1. The van der Waals surface area contributed by atoms with Crippen molar-refractivity contribution in [1.29, 1.82) is 5.26 Å². The van der Waals surface area contributed by atoms with Crippen LogP contribution in [0.2, 0.25) is 0 Å². The van der Waals surface area contributed by atoms with Crippen molar-refractivity contribution >= 4 is 10.9 Å². The summed E-state index contributed by atoms with van der Waals surface area (Å²) >= 11 is 0. The number of benzene rings is 1. The molecule has 0 aliphatic heterocycles. The van der Waals surface area contributed by atoms with Gasteiger partial charge in [0, 0.05) is 17.3 Å². The molecule has 2 heterocycles. The Morgan fingerprint density at radius 2 is 2.00 bits per heavy atom. The van der Waals surface area contributed by atoms with E-state index in [1.54, 1.807) is 6.07 Å². The van der Waals surface area contributed by atoms with Crippen molar-refractivity contribution in [2.24, 2.45) is 0 Å². The van der Waals surface area contributed by atoms with Crippen molar-refractivity contribution in [3.8, 4) is 17.8 Å². The van der Waals surface area contributed by atoms with Gasteiger partial charge in [0.25, 0.3) is 0 Å². The molecule has 0 fully saturated rings. The number of aromatic nitrogens is 3. The first kappa shape index (κ1) is 12.1. The molecule has 20 heavy (non-hydrogen) atoms. The van der Waals surface area contributed by atoms with Gasteiger partial charge in [-0.25, -0.2) is 9.97 Å². The Labute approximate surface area is 115 Å². The number of para-hydroxylation sites is 1. The molecule has 5 heteroatoms. The average molecular weight is 262 g/mol. The van der Waals surface area contributed by atoms with Gasteiger partial charge in [-0.1, -0.05) is 18.2 Å². The van der Waals surface area contributed by atoms with E-state index in [1.807, 2.05) is 37.3 Å². The number of hydrogen-bond donors (Lipinski definition) is 0. The van der Waals surface area contributed by atoms with E-state index in [9.17, 15) is 0 Å². The summed E-state index contributed by atoms with van der Waals surface area (Å²) in [6.45, 7) is 1.92. The Morgan fingerprint density at radius 3 is 2.85 bits per heavy atom. The number of rotatable bonds is 2. The number of nitriles is 1. The van der Waals surface area contributed by atoms with Crippen LogP contribution in [0, 0.1) is 18.3 Å². The molecule has 1 aromatic carbocycles. The van der Waals surface area contributed by atoms with Crippen LogP contribution in [0.1, 0.15) is 11.4 Å². The highest BCUT2D eigenvalue weighted by molar-refractivity contribution is 5.84. The molecule has 5 nitrogen and oxygen atoms in total. The van der Waals surface area contributed by atoms with E-state index in [0.29, 0.717) is 5.75 Å². The SMILES string of the molecule is Cc1ccc2cccc(Oc3nccc(C#N)n3)c2n1. The predicted octanol–water partition coefficient (Wildman–Crippen LogP) is 3.00. The molecule has 0 bridgehead atoms. The predicted molar refractivity (Wildman–Crippen MR) is 73.3 cm³/mol. The molecule has 0 spiro atoms. The van der Waals surface area contributed by atoms with Crippen LogP contribution >= 0.6 is 0 Å². The summed E-state index contributed by atoms with van der Waals surface area (Å²) < 4.78 is 5.65. The van der Waals surface area contributed by atoms with Gasteiger partial charge in [-0.15, -0.1) is 0 Å². The van der Waals surface area contributed by atoms with Crippen molar-refractivity contribution < 1.29 is 4.74 Å². The van der Waals surface area contributed by atoms with Gasteiger partial charge >= 0.3 is 6.01 Å². The summed E-state index contributed by atoms with van der Waals surface area (Å²) in [5, 5.41) is 9.80. The first-order chi connectivity index (χ1) is 9.76. The summed E-state index contributed by atoms with van der Waals surface area (Å²) in [4.78, 5) is 12.5. The fraction of sp³-hybridized carbons (Fsp3) is 0.0667. The molecule has 3 aromatic rings. The minimum atomic E-state index is 0.139. The number of nitrogens with zero attached hydrogens (tertiary/aromatic N) is 4. The quantitative estimate of drug-likeness (QED) is 0.709. The molecule has 0 saturated heterocycles. The van der Waals surface area contributed by atoms with Crippen LogP contribution < -0.4 is 4.74 Å². The maximum absolute atomic E-state index is 8.83. The van der Waals surface area contributed by atoms with E-state index >= 15 is 0 Å². The Balaban J connectivity index is 2.06. The Bertz CT molecular complexity index is 823. The van der Waals surface area contributed by atoms with Gasteiger partial charge in [-0.3, -0.25) is 0 Å². The fourth-order valence-corrected chi connectivity index (χ4v) is 1.85. The van der Waals surface area contributed by atoms with Gasteiger partial charge in [0.1, 0.15) is 17.3 Å². The Kier molecular flexibility index (Phi) is 2.98. The number of fused-ring (bicyclic) bond motifs is 1. The van der Waals surface area contributed by atoms with E-state index in [2.05, 4.69) is 15.0 Å². The second-order valence-corrected chi connectivity index (χ2v) is 4.22. The van der Waals surface area contributed by atoms with Gasteiger partial charge in [0.15, 0.2) is 5.75 Å². The second-order valence-electron chi connectivity index (χ2n) is 4.22. The zero-order valence-electron chi connectivity index (χ0n) is 10.7. The smallest absolute Gasteiger partial charge is 0.323 e. The molecule has 0 N–H and O–H groups in total. The molecule has 0 unspecified atom stereocenters. The van der Waals surface area contributed by atoms with E-state index in [4.69, 9.17) is 10.00 Å². The minimum absolute atomic E-state index is 0.139. The molecule has 3 rings (SSSR count). The maximum atomic E-state index is 8.83. The van der Waals surface area contributed by atoms with E-state index < -0.39 is 0 Å². The number of pyridine rings is 1. The lowest BCUT2D eigenvalue weighted by molar-refractivity contribution is 0.445. The van der Waals surface area contributed by atoms with Crippen LogP contribution in [0.15, 0.2) is 42.6 Å². The normalized spacial score (nSPS) is 10.2. The highest BCUT2D eigenvalue weighted by Crippen LogP contribution is 2.26. The zero-order valence-corrected chi connectivity index (χ0v) is 10.7. The van der Waals surface area contributed by atoms with Crippen LogP contribution in [-0.2, 0) is 0 Å². The zero-order chi connectivity index (χ0) is 13.9. The molecule has 96 valence electrons. The van der Waals surface area contributed by atoms with Crippen LogP contribution in [0.5, 0.6) is 11.8 Å². The third kappa shape index (κ3) is 2.27. The lowest BCUT2D eigenvalue weighted by Crippen LogP contribution is -1.95. The fourth-order valence-electron chi connectivity index (χ4n) is 1.85. The summed E-state index contributed by atoms with van der Waals surface area (Å²) in [5.74, 6) is 0.571. The highest BCUT2D eigenvalue weighted by Gasteiger charge is 2.07. The number of aryl methyl sites for hydroxylation is 1. The molecule has 0 aliphatic carbocycles. The van der Waals surface area contributed by atoms with E-state index in [1.165, 1.54) is 12.3 Å². The van der Waals surface area contributed by atoms with Crippen molar-refractivity contribution in [3.05, 3.63) is 54.0 Å². The molecule has 0 aliphatic rings. The average Bonchev–Trinajstić information content (AvgIpc) is 2.48. The minimum Gasteiger partial charge on any atom is -0.422 e. The van der Waals surface area contributed by atoms with Gasteiger partial charge < -0.3 is 4.74 Å². The van der Waals surface area contributed by atoms with Gasteiger partial charge in [0.2, 0.25) is 0 Å². The molecule has 0 radical (unpaired) electrons. The molecular formula is C15H10N4O. The maximum Gasteiger partial charge on any atom is 0.323 e. The first-order valence-corrected chi connectivity index (χ1v) is 6.03. The Morgan fingerprint density at radius 1 is 1.10 bits per heavy atom. The summed E-state index contributed by atoms with van der Waals surface area (Å²) in [6, 6.07) is 13.2. The van der Waals surface area contributed by atoms with E-state index in [-0.39, 0.29) is 11.7 Å². The van der Waals surface area contributed by atoms with Crippen LogP contribution in [0.3, 0.4) is 0 Å². The van der Waals surface area contributed by atoms with Gasteiger partial charge in [0.05, 0.1) is 0 Å². The molecule has 2 aromatic heterocycles. The van der Waals surface area contributed by atoms with Crippen LogP contribution in [-0.4, -0.2) is 15.0 Å². The van der Waals surface area contributed by atoms with Gasteiger partial charge in [-0.2, -0.15) is 10.2 Å². The molecule has 0 saturated carbocycles. The molecule has 0 amide bonds. The molecular weight excluding hydrogens is 252 g/mol. The van der Waals surface area contributed by atoms with Crippen molar-refractivity contribution in [1.82, 2.24) is 15.0 Å². The second kappa shape index (κ2) is 4.94. The number of hydrogen-bond acceptors (Lipinski definition) is 5. The summed E-state index contributed by atoms with van der Waals surface area (Å²) in [6.07, 6.45) is 1.49. The third-order valence-corrected chi connectivity index (χ3v) is 2.77. The van der Waals surface area contributed by atoms with E-state index in [0.717, 1.165) is 16.6 Å². The first-order valence-electron chi connectivity index (χ1n) is 6.03. The van der Waals surface area contributed by atoms with Crippen molar-refractivity contribution in [3.63, 3.8) is 0 Å². The third-order valence-electron chi connectivity index (χ3n) is 2.77. The largest absolute Gasteiger partial charge is 0.422 e. The monoisotopic (exact) mass is 262 g/mol. The summed E-state index contributed by atoms with van der Waals surface area (Å²) in [7, 11) is 0.